The summed E-state index contributed by atoms with van der Waals surface area (Å²) in [6, 6.07) is 7.04. The zero-order valence-electron chi connectivity index (χ0n) is 12.7. The SMILES string of the molecule is O=S(=O)(c1ccc(F)c(Cl)c1)N1CCC(Oc2cccnc2)CC1. The molecular weight excluding hydrogens is 355 g/mol. The number of halogens is 2. The lowest BCUT2D eigenvalue weighted by atomic mass is 10.1. The number of nitrogens with zero attached hydrogens (tertiary/aromatic N) is 2. The molecule has 1 aliphatic rings. The molecule has 2 heterocycles. The summed E-state index contributed by atoms with van der Waals surface area (Å²) in [4.78, 5) is 3.99. The molecule has 0 atom stereocenters. The van der Waals surface area contributed by atoms with E-state index in [4.69, 9.17) is 16.3 Å². The molecule has 0 radical (unpaired) electrons. The maximum Gasteiger partial charge on any atom is 0.243 e. The summed E-state index contributed by atoms with van der Waals surface area (Å²) < 4.78 is 45.6. The molecule has 2 aromatic rings. The van der Waals surface area contributed by atoms with Crippen molar-refractivity contribution in [3.8, 4) is 5.75 Å². The Morgan fingerprint density at radius 2 is 2.00 bits per heavy atom. The summed E-state index contributed by atoms with van der Waals surface area (Å²) in [5, 5.41) is -0.203. The average Bonchev–Trinajstić information content (AvgIpc) is 2.58. The minimum absolute atomic E-state index is 0.000489. The Bertz CT molecular complexity index is 809. The van der Waals surface area contributed by atoms with Gasteiger partial charge in [-0.25, -0.2) is 12.8 Å². The normalized spacial score (nSPS) is 16.9. The highest BCUT2D eigenvalue weighted by Gasteiger charge is 2.30. The van der Waals surface area contributed by atoms with Crippen LogP contribution in [0.25, 0.3) is 0 Å². The van der Waals surface area contributed by atoms with Gasteiger partial charge in [-0.05, 0) is 43.2 Å². The van der Waals surface area contributed by atoms with E-state index in [1.54, 1.807) is 18.5 Å². The van der Waals surface area contributed by atoms with Crippen molar-refractivity contribution in [2.24, 2.45) is 0 Å². The number of aromatic nitrogens is 1. The Morgan fingerprint density at radius 1 is 1.25 bits per heavy atom. The predicted octanol–water partition coefficient (Wildman–Crippen LogP) is 3.11. The first-order valence-electron chi connectivity index (χ1n) is 7.49. The third-order valence-corrected chi connectivity index (χ3v) is 6.05. The summed E-state index contributed by atoms with van der Waals surface area (Å²) in [6.45, 7) is 0.671. The molecule has 1 fully saturated rings. The van der Waals surface area contributed by atoms with Gasteiger partial charge in [-0.2, -0.15) is 4.31 Å². The molecule has 1 aromatic heterocycles. The molecular formula is C16H16ClFN2O3S. The summed E-state index contributed by atoms with van der Waals surface area (Å²) >= 11 is 5.69. The van der Waals surface area contributed by atoms with Crippen LogP contribution in [0.4, 0.5) is 4.39 Å². The first-order chi connectivity index (χ1) is 11.5. The van der Waals surface area contributed by atoms with Crippen molar-refractivity contribution in [3.05, 3.63) is 53.6 Å². The highest BCUT2D eigenvalue weighted by Crippen LogP contribution is 2.26. The van der Waals surface area contributed by atoms with Crippen LogP contribution in [0.5, 0.6) is 5.75 Å². The molecule has 1 aliphatic heterocycles. The molecule has 3 rings (SSSR count). The molecule has 0 unspecified atom stereocenters. The van der Waals surface area contributed by atoms with Crippen LogP contribution in [0.2, 0.25) is 5.02 Å². The topological polar surface area (TPSA) is 59.5 Å². The van der Waals surface area contributed by atoms with Gasteiger partial charge in [-0.1, -0.05) is 11.6 Å². The van der Waals surface area contributed by atoms with Crippen LogP contribution < -0.4 is 4.74 Å². The fourth-order valence-corrected chi connectivity index (χ4v) is 4.33. The second-order valence-electron chi connectivity index (χ2n) is 5.49. The van der Waals surface area contributed by atoms with E-state index in [1.807, 2.05) is 6.07 Å². The Balaban J connectivity index is 1.66. The van der Waals surface area contributed by atoms with Crippen molar-refractivity contribution in [1.82, 2.24) is 9.29 Å². The molecule has 128 valence electrons. The van der Waals surface area contributed by atoms with E-state index in [0.717, 1.165) is 12.1 Å². The second kappa shape index (κ2) is 7.04. The van der Waals surface area contributed by atoms with Crippen molar-refractivity contribution in [1.29, 1.82) is 0 Å². The molecule has 5 nitrogen and oxygen atoms in total. The third-order valence-electron chi connectivity index (χ3n) is 3.87. The standard InChI is InChI=1S/C16H16ClFN2O3S/c17-15-10-14(3-4-16(15)18)24(21,22)20-8-5-12(6-9-20)23-13-2-1-7-19-11-13/h1-4,7,10-12H,5-6,8-9H2. The molecule has 0 saturated carbocycles. The molecule has 0 aliphatic carbocycles. The molecule has 8 heteroatoms. The van der Waals surface area contributed by atoms with E-state index >= 15 is 0 Å². The van der Waals surface area contributed by atoms with E-state index in [9.17, 15) is 12.8 Å². The number of ether oxygens (including phenoxy) is 1. The number of rotatable bonds is 4. The monoisotopic (exact) mass is 370 g/mol. The summed E-state index contributed by atoms with van der Waals surface area (Å²) in [5.41, 5.74) is 0. The number of benzene rings is 1. The maximum absolute atomic E-state index is 13.2. The van der Waals surface area contributed by atoms with Crippen molar-refractivity contribution >= 4 is 21.6 Å². The summed E-state index contributed by atoms with van der Waals surface area (Å²) in [6.07, 6.45) is 4.38. The van der Waals surface area contributed by atoms with Crippen LogP contribution in [0.1, 0.15) is 12.8 Å². The van der Waals surface area contributed by atoms with E-state index in [1.165, 1.54) is 10.4 Å². The Labute approximate surface area is 145 Å². The maximum atomic E-state index is 13.2. The van der Waals surface area contributed by atoms with Crippen molar-refractivity contribution in [2.45, 2.75) is 23.8 Å². The fourth-order valence-electron chi connectivity index (χ4n) is 2.59. The molecule has 0 spiro atoms. The molecule has 0 amide bonds. The van der Waals surface area contributed by atoms with E-state index < -0.39 is 15.8 Å². The smallest absolute Gasteiger partial charge is 0.243 e. The summed E-state index contributed by atoms with van der Waals surface area (Å²) in [5.74, 6) is 0.0309. The first kappa shape index (κ1) is 17.1. The van der Waals surface area contributed by atoms with Gasteiger partial charge in [0.2, 0.25) is 10.0 Å². The first-order valence-corrected chi connectivity index (χ1v) is 9.30. The van der Waals surface area contributed by atoms with Gasteiger partial charge in [-0.3, -0.25) is 4.98 Å². The fraction of sp³-hybridized carbons (Fsp3) is 0.312. The van der Waals surface area contributed by atoms with Crippen molar-refractivity contribution in [3.63, 3.8) is 0 Å². The number of piperidine rings is 1. The number of sulfonamides is 1. The van der Waals surface area contributed by atoms with E-state index in [-0.39, 0.29) is 16.0 Å². The second-order valence-corrected chi connectivity index (χ2v) is 7.83. The largest absolute Gasteiger partial charge is 0.489 e. The van der Waals surface area contributed by atoms with Gasteiger partial charge >= 0.3 is 0 Å². The number of hydrogen-bond donors (Lipinski definition) is 0. The number of hydrogen-bond acceptors (Lipinski definition) is 4. The van der Waals surface area contributed by atoms with Crippen molar-refractivity contribution < 1.29 is 17.5 Å². The quantitative estimate of drug-likeness (QED) is 0.829. The van der Waals surface area contributed by atoms with Gasteiger partial charge in [0.15, 0.2) is 0 Å². The number of pyridine rings is 1. The van der Waals surface area contributed by atoms with Gasteiger partial charge < -0.3 is 4.74 Å². The minimum Gasteiger partial charge on any atom is -0.489 e. The van der Waals surface area contributed by atoms with Crippen molar-refractivity contribution in [2.75, 3.05) is 13.1 Å². The van der Waals surface area contributed by atoms with Gasteiger partial charge in [0.05, 0.1) is 16.1 Å². The minimum atomic E-state index is -3.68. The Kier molecular flexibility index (Phi) is 5.03. The zero-order chi connectivity index (χ0) is 17.2. The van der Waals surface area contributed by atoms with Gasteiger partial charge in [0.1, 0.15) is 17.7 Å². The van der Waals surface area contributed by atoms with Gasteiger partial charge in [0.25, 0.3) is 0 Å². The van der Waals surface area contributed by atoms with E-state index in [0.29, 0.717) is 31.7 Å². The zero-order valence-corrected chi connectivity index (χ0v) is 14.3. The van der Waals surface area contributed by atoms with E-state index in [2.05, 4.69) is 4.98 Å². The Morgan fingerprint density at radius 3 is 2.62 bits per heavy atom. The Hall–Kier alpha value is -1.70. The van der Waals surface area contributed by atoms with Crippen LogP contribution in [0, 0.1) is 5.82 Å². The summed E-state index contributed by atoms with van der Waals surface area (Å²) in [7, 11) is -3.68. The lowest BCUT2D eigenvalue weighted by Gasteiger charge is -2.31. The predicted molar refractivity (Wildman–Crippen MR) is 88.1 cm³/mol. The highest BCUT2D eigenvalue weighted by atomic mass is 35.5. The highest BCUT2D eigenvalue weighted by molar-refractivity contribution is 7.89. The van der Waals surface area contributed by atoms with Crippen LogP contribution in [0.15, 0.2) is 47.6 Å². The lowest BCUT2D eigenvalue weighted by molar-refractivity contribution is 0.134. The van der Waals surface area contributed by atoms with Gasteiger partial charge in [-0.15, -0.1) is 0 Å². The van der Waals surface area contributed by atoms with Crippen LogP contribution in [-0.4, -0.2) is 36.9 Å². The van der Waals surface area contributed by atoms with Crippen LogP contribution in [-0.2, 0) is 10.0 Å². The molecule has 1 saturated heterocycles. The molecule has 0 N–H and O–H groups in total. The molecule has 24 heavy (non-hydrogen) atoms. The molecule has 0 bridgehead atoms. The lowest BCUT2D eigenvalue weighted by Crippen LogP contribution is -2.41. The van der Waals surface area contributed by atoms with Crippen LogP contribution in [0.3, 0.4) is 0 Å². The van der Waals surface area contributed by atoms with Crippen LogP contribution >= 0.6 is 11.6 Å². The van der Waals surface area contributed by atoms with Gasteiger partial charge in [0, 0.05) is 19.3 Å². The average molecular weight is 371 g/mol. The third kappa shape index (κ3) is 3.68. The molecule has 1 aromatic carbocycles.